The Bertz CT molecular complexity index is 546. The third kappa shape index (κ3) is 2.57. The smallest absolute Gasteiger partial charge is 0.240 e. The molecule has 3 aliphatic carbocycles. The summed E-state index contributed by atoms with van der Waals surface area (Å²) in [6, 6.07) is 0.202. The van der Waals surface area contributed by atoms with Gasteiger partial charge in [0, 0.05) is 15.7 Å². The van der Waals surface area contributed by atoms with Gasteiger partial charge in [-0.15, -0.1) is 0 Å². The number of hydrogen-bond donors (Lipinski definition) is 1. The van der Waals surface area contributed by atoms with Gasteiger partial charge in [-0.05, 0) is 31.1 Å². The maximum atomic E-state index is 12.8. The molecule has 0 aromatic carbocycles. The van der Waals surface area contributed by atoms with Gasteiger partial charge in [0.2, 0.25) is 17.7 Å². The van der Waals surface area contributed by atoms with Crippen molar-refractivity contribution in [2.45, 2.75) is 54.2 Å². The standard InChI is InChI=1S/C17H22Br2N2O3/c18-14-9-6-10(15(14)19)13-12(9)16(23)21(17(13)24)7-11(22)20-8-4-2-1-3-5-8/h8-10,12-15H,1-7H2,(H,20,22)/t9-,10-,12-,13+,14-,15+/m1/s1. The summed E-state index contributed by atoms with van der Waals surface area (Å²) >= 11 is 7.35. The average molecular weight is 462 g/mol. The van der Waals surface area contributed by atoms with Crippen LogP contribution in [0.5, 0.6) is 0 Å². The van der Waals surface area contributed by atoms with Gasteiger partial charge in [-0.2, -0.15) is 0 Å². The minimum absolute atomic E-state index is 0.111. The maximum absolute atomic E-state index is 12.8. The van der Waals surface area contributed by atoms with Crippen LogP contribution in [0.25, 0.3) is 0 Å². The van der Waals surface area contributed by atoms with Crippen LogP contribution in [0, 0.1) is 23.7 Å². The normalized spacial score (nSPS) is 41.8. The van der Waals surface area contributed by atoms with Crippen LogP contribution in [-0.4, -0.2) is 44.9 Å². The summed E-state index contributed by atoms with van der Waals surface area (Å²) in [5.74, 6) is -0.534. The Morgan fingerprint density at radius 2 is 1.54 bits per heavy atom. The molecule has 4 fully saturated rings. The topological polar surface area (TPSA) is 66.5 Å². The van der Waals surface area contributed by atoms with Gasteiger partial charge in [0.15, 0.2) is 0 Å². The highest BCUT2D eigenvalue weighted by Crippen LogP contribution is 2.60. The van der Waals surface area contributed by atoms with E-state index in [0.29, 0.717) is 0 Å². The number of fused-ring (bicyclic) bond motifs is 5. The van der Waals surface area contributed by atoms with E-state index in [2.05, 4.69) is 37.2 Å². The number of imide groups is 1. The fourth-order valence-corrected chi connectivity index (χ4v) is 7.10. The first-order valence-corrected chi connectivity index (χ1v) is 10.7. The number of rotatable bonds is 3. The predicted octanol–water partition coefficient (Wildman–Crippen LogP) is 2.21. The lowest BCUT2D eigenvalue weighted by Gasteiger charge is -2.28. The quantitative estimate of drug-likeness (QED) is 0.517. The fourth-order valence-electron chi connectivity index (χ4n) is 5.23. The molecule has 4 aliphatic rings. The Morgan fingerprint density at radius 1 is 1.00 bits per heavy atom. The molecule has 7 heteroatoms. The Balaban J connectivity index is 1.43. The Morgan fingerprint density at radius 3 is 2.08 bits per heavy atom. The zero-order chi connectivity index (χ0) is 17.0. The molecule has 3 amide bonds. The SMILES string of the molecule is O=C(CN1C(=O)[C@@H]2[C@H]3C[C@@H]([C@H](Br)[C@@H]3Br)[C@@H]2C1=O)NC1CCCCC1. The van der Waals surface area contributed by atoms with Gasteiger partial charge in [0.05, 0.1) is 11.8 Å². The van der Waals surface area contributed by atoms with E-state index in [1.807, 2.05) is 0 Å². The molecule has 0 unspecified atom stereocenters. The van der Waals surface area contributed by atoms with E-state index < -0.39 is 0 Å². The van der Waals surface area contributed by atoms with Crippen LogP contribution in [0.15, 0.2) is 0 Å². The van der Waals surface area contributed by atoms with Gasteiger partial charge < -0.3 is 5.32 Å². The van der Waals surface area contributed by atoms with Crippen LogP contribution < -0.4 is 5.32 Å². The fraction of sp³-hybridized carbons (Fsp3) is 0.824. The Kier molecular flexibility index (Phi) is 4.52. The molecule has 0 spiro atoms. The van der Waals surface area contributed by atoms with Crippen LogP contribution in [-0.2, 0) is 14.4 Å². The molecule has 24 heavy (non-hydrogen) atoms. The maximum Gasteiger partial charge on any atom is 0.240 e. The number of alkyl halides is 2. The summed E-state index contributed by atoms with van der Waals surface area (Å²) in [6.07, 6.45) is 6.42. The van der Waals surface area contributed by atoms with E-state index >= 15 is 0 Å². The highest BCUT2D eigenvalue weighted by Gasteiger charge is 2.66. The van der Waals surface area contributed by atoms with Crippen LogP contribution in [0.3, 0.4) is 0 Å². The van der Waals surface area contributed by atoms with Crippen LogP contribution in [0.2, 0.25) is 0 Å². The van der Waals surface area contributed by atoms with Crippen LogP contribution >= 0.6 is 31.9 Å². The van der Waals surface area contributed by atoms with Gasteiger partial charge in [0.25, 0.3) is 0 Å². The van der Waals surface area contributed by atoms with Crippen molar-refractivity contribution in [2.24, 2.45) is 23.7 Å². The van der Waals surface area contributed by atoms with Gasteiger partial charge in [-0.25, -0.2) is 0 Å². The zero-order valence-corrected chi connectivity index (χ0v) is 16.6. The number of likely N-dealkylation sites (tertiary alicyclic amines) is 1. The average Bonchev–Trinajstić information content (AvgIpc) is 3.16. The third-order valence-corrected chi connectivity index (χ3v) is 9.56. The van der Waals surface area contributed by atoms with Crippen LogP contribution in [0.1, 0.15) is 38.5 Å². The second-order valence-electron chi connectivity index (χ2n) is 7.67. The minimum atomic E-state index is -0.233. The molecule has 1 aliphatic heterocycles. The second-order valence-corrected chi connectivity index (χ2v) is 9.78. The molecular formula is C17H22Br2N2O3. The molecule has 4 rings (SSSR count). The first-order chi connectivity index (χ1) is 11.5. The number of carbonyl (C=O) groups is 3. The summed E-state index contributed by atoms with van der Waals surface area (Å²) < 4.78 is 0. The van der Waals surface area contributed by atoms with E-state index in [0.717, 1.165) is 32.1 Å². The molecule has 6 atom stereocenters. The number of carbonyl (C=O) groups excluding carboxylic acids is 3. The van der Waals surface area contributed by atoms with Crippen molar-refractivity contribution >= 4 is 49.6 Å². The van der Waals surface area contributed by atoms with E-state index in [9.17, 15) is 14.4 Å². The van der Waals surface area contributed by atoms with Crippen LogP contribution in [0.4, 0.5) is 0 Å². The summed E-state index contributed by atoms with van der Waals surface area (Å²) in [5.41, 5.74) is 0. The van der Waals surface area contributed by atoms with Crippen molar-refractivity contribution in [1.82, 2.24) is 10.2 Å². The molecule has 1 saturated heterocycles. The second kappa shape index (κ2) is 6.38. The molecule has 0 aromatic rings. The number of amides is 3. The number of nitrogens with one attached hydrogen (secondary N) is 1. The van der Waals surface area contributed by atoms with E-state index in [1.54, 1.807) is 0 Å². The monoisotopic (exact) mass is 460 g/mol. The van der Waals surface area contributed by atoms with Gasteiger partial charge in [0.1, 0.15) is 6.54 Å². The van der Waals surface area contributed by atoms with Crippen molar-refractivity contribution < 1.29 is 14.4 Å². The zero-order valence-electron chi connectivity index (χ0n) is 13.4. The van der Waals surface area contributed by atoms with Crippen molar-refractivity contribution in [2.75, 3.05) is 6.54 Å². The molecular weight excluding hydrogens is 440 g/mol. The molecule has 1 heterocycles. The van der Waals surface area contributed by atoms with Gasteiger partial charge >= 0.3 is 0 Å². The number of halogens is 2. The number of nitrogens with zero attached hydrogens (tertiary/aromatic N) is 1. The Hall–Kier alpha value is -0.430. The largest absolute Gasteiger partial charge is 0.352 e. The first kappa shape index (κ1) is 17.0. The van der Waals surface area contributed by atoms with Crippen molar-refractivity contribution in [3.8, 4) is 0 Å². The minimum Gasteiger partial charge on any atom is -0.352 e. The van der Waals surface area contributed by atoms with E-state index in [1.165, 1.54) is 11.3 Å². The summed E-state index contributed by atoms with van der Waals surface area (Å²) in [5, 5.41) is 3.00. The van der Waals surface area contributed by atoms with E-state index in [4.69, 9.17) is 0 Å². The van der Waals surface area contributed by atoms with Crippen molar-refractivity contribution in [1.29, 1.82) is 0 Å². The summed E-state index contributed by atoms with van der Waals surface area (Å²) in [7, 11) is 0. The summed E-state index contributed by atoms with van der Waals surface area (Å²) in [4.78, 5) is 39.5. The third-order valence-electron chi connectivity index (χ3n) is 6.35. The van der Waals surface area contributed by atoms with Crippen molar-refractivity contribution in [3.63, 3.8) is 0 Å². The lowest BCUT2D eigenvalue weighted by atomic mass is 9.81. The number of hydrogen-bond acceptors (Lipinski definition) is 3. The molecule has 2 bridgehead atoms. The van der Waals surface area contributed by atoms with Gasteiger partial charge in [-0.1, -0.05) is 51.1 Å². The van der Waals surface area contributed by atoms with Crippen molar-refractivity contribution in [3.05, 3.63) is 0 Å². The Labute approximate surface area is 158 Å². The molecule has 5 nitrogen and oxygen atoms in total. The summed E-state index contributed by atoms with van der Waals surface area (Å²) in [6.45, 7) is -0.111. The first-order valence-electron chi connectivity index (χ1n) is 8.91. The molecule has 0 radical (unpaired) electrons. The van der Waals surface area contributed by atoms with E-state index in [-0.39, 0.29) is 63.6 Å². The highest BCUT2D eigenvalue weighted by molar-refractivity contribution is 9.12. The predicted molar refractivity (Wildman–Crippen MR) is 95.7 cm³/mol. The highest BCUT2D eigenvalue weighted by atomic mass is 79.9. The molecule has 3 saturated carbocycles. The molecule has 132 valence electrons. The molecule has 0 aromatic heterocycles. The lowest BCUT2D eigenvalue weighted by molar-refractivity contribution is -0.144. The lowest BCUT2D eigenvalue weighted by Crippen LogP contribution is -2.45. The molecule has 1 N–H and O–H groups in total. The van der Waals surface area contributed by atoms with Gasteiger partial charge in [-0.3, -0.25) is 19.3 Å².